The Kier molecular flexibility index (Phi) is 4.66. The Morgan fingerprint density at radius 2 is 2.54 bits per heavy atom. The van der Waals surface area contributed by atoms with Crippen LogP contribution in [0.4, 0.5) is 0 Å². The number of halogens is 1. The van der Waals surface area contributed by atoms with Crippen LogP contribution < -0.4 is 11.1 Å². The standard InChI is InChI=1S/C8H14ClN3S/c1-6(11-3-2-10)4-7-5-12-8(9)13-7/h5-6,11H,2-4,10H2,1H3. The summed E-state index contributed by atoms with van der Waals surface area (Å²) >= 11 is 7.25. The normalized spacial score (nSPS) is 13.2. The van der Waals surface area contributed by atoms with Crippen molar-refractivity contribution in [1.29, 1.82) is 0 Å². The Bertz CT molecular complexity index is 251. The first kappa shape index (κ1) is 10.9. The van der Waals surface area contributed by atoms with Gasteiger partial charge in [0.2, 0.25) is 0 Å². The lowest BCUT2D eigenvalue weighted by molar-refractivity contribution is 0.556. The molecule has 0 fully saturated rings. The fraction of sp³-hybridized carbons (Fsp3) is 0.625. The monoisotopic (exact) mass is 219 g/mol. The molecular formula is C8H14ClN3S. The molecule has 1 aromatic rings. The van der Waals surface area contributed by atoms with E-state index in [9.17, 15) is 0 Å². The zero-order valence-electron chi connectivity index (χ0n) is 7.59. The van der Waals surface area contributed by atoms with Gasteiger partial charge in [-0.15, -0.1) is 11.3 Å². The van der Waals surface area contributed by atoms with E-state index in [2.05, 4.69) is 17.2 Å². The zero-order chi connectivity index (χ0) is 9.68. The van der Waals surface area contributed by atoms with Gasteiger partial charge in [-0.25, -0.2) is 4.98 Å². The molecule has 1 heterocycles. The van der Waals surface area contributed by atoms with Crippen molar-refractivity contribution < 1.29 is 0 Å². The SMILES string of the molecule is CC(Cc1cnc(Cl)s1)NCCN. The van der Waals surface area contributed by atoms with Gasteiger partial charge in [0.25, 0.3) is 0 Å². The van der Waals surface area contributed by atoms with Crippen LogP contribution in [-0.4, -0.2) is 24.1 Å². The molecule has 1 unspecified atom stereocenters. The largest absolute Gasteiger partial charge is 0.329 e. The van der Waals surface area contributed by atoms with Crippen molar-refractivity contribution in [2.45, 2.75) is 19.4 Å². The number of hydrogen-bond acceptors (Lipinski definition) is 4. The Balaban J connectivity index is 2.31. The van der Waals surface area contributed by atoms with E-state index in [0.29, 0.717) is 17.1 Å². The quantitative estimate of drug-likeness (QED) is 0.785. The van der Waals surface area contributed by atoms with Gasteiger partial charge in [-0.2, -0.15) is 0 Å². The first-order chi connectivity index (χ1) is 6.22. The summed E-state index contributed by atoms with van der Waals surface area (Å²) in [4.78, 5) is 5.19. The summed E-state index contributed by atoms with van der Waals surface area (Å²) in [5.41, 5.74) is 5.38. The molecule has 0 aromatic carbocycles. The first-order valence-electron chi connectivity index (χ1n) is 4.26. The fourth-order valence-electron chi connectivity index (χ4n) is 1.08. The highest BCUT2D eigenvalue weighted by molar-refractivity contribution is 7.15. The maximum atomic E-state index is 5.72. The van der Waals surface area contributed by atoms with E-state index in [0.717, 1.165) is 13.0 Å². The van der Waals surface area contributed by atoms with Crippen LogP contribution in [0.5, 0.6) is 0 Å². The van der Waals surface area contributed by atoms with Gasteiger partial charge in [0.05, 0.1) is 0 Å². The zero-order valence-corrected chi connectivity index (χ0v) is 9.16. The minimum Gasteiger partial charge on any atom is -0.329 e. The van der Waals surface area contributed by atoms with Crippen LogP contribution in [0.25, 0.3) is 0 Å². The van der Waals surface area contributed by atoms with Gasteiger partial charge < -0.3 is 11.1 Å². The molecular weight excluding hydrogens is 206 g/mol. The number of hydrogen-bond donors (Lipinski definition) is 2. The van der Waals surface area contributed by atoms with Crippen LogP contribution in [0.1, 0.15) is 11.8 Å². The van der Waals surface area contributed by atoms with E-state index in [1.54, 1.807) is 0 Å². The van der Waals surface area contributed by atoms with E-state index < -0.39 is 0 Å². The lowest BCUT2D eigenvalue weighted by Crippen LogP contribution is -2.32. The summed E-state index contributed by atoms with van der Waals surface area (Å²) in [5, 5.41) is 3.30. The van der Waals surface area contributed by atoms with Gasteiger partial charge in [0.15, 0.2) is 4.47 Å². The van der Waals surface area contributed by atoms with Gasteiger partial charge in [-0.3, -0.25) is 0 Å². The minimum atomic E-state index is 0.431. The molecule has 1 atom stereocenters. The maximum absolute atomic E-state index is 5.72. The molecule has 0 amide bonds. The highest BCUT2D eigenvalue weighted by atomic mass is 35.5. The van der Waals surface area contributed by atoms with Crippen LogP contribution in [0, 0.1) is 0 Å². The molecule has 5 heteroatoms. The molecule has 3 nitrogen and oxygen atoms in total. The fourth-order valence-corrected chi connectivity index (χ4v) is 2.19. The van der Waals surface area contributed by atoms with Gasteiger partial charge in [-0.1, -0.05) is 11.6 Å². The van der Waals surface area contributed by atoms with Gasteiger partial charge in [-0.05, 0) is 13.3 Å². The van der Waals surface area contributed by atoms with Crippen LogP contribution in [0.15, 0.2) is 6.20 Å². The number of aromatic nitrogens is 1. The lowest BCUT2D eigenvalue weighted by Gasteiger charge is -2.10. The van der Waals surface area contributed by atoms with Gasteiger partial charge >= 0.3 is 0 Å². The predicted molar refractivity (Wildman–Crippen MR) is 57.3 cm³/mol. The van der Waals surface area contributed by atoms with Crippen LogP contribution in [0.2, 0.25) is 4.47 Å². The Hall–Kier alpha value is -0.160. The Labute approximate surface area is 87.3 Å². The van der Waals surface area contributed by atoms with Crippen molar-refractivity contribution in [2.75, 3.05) is 13.1 Å². The Morgan fingerprint density at radius 1 is 1.77 bits per heavy atom. The number of nitrogens with one attached hydrogen (secondary N) is 1. The Morgan fingerprint density at radius 3 is 3.08 bits per heavy atom. The number of rotatable bonds is 5. The summed E-state index contributed by atoms with van der Waals surface area (Å²) in [6.45, 7) is 3.66. The van der Waals surface area contributed by atoms with E-state index >= 15 is 0 Å². The minimum absolute atomic E-state index is 0.431. The van der Waals surface area contributed by atoms with Crippen LogP contribution in [0.3, 0.4) is 0 Å². The van der Waals surface area contributed by atoms with E-state index in [4.69, 9.17) is 17.3 Å². The summed E-state index contributed by atoms with van der Waals surface area (Å²) in [7, 11) is 0. The van der Waals surface area contributed by atoms with Crippen molar-refractivity contribution in [3.8, 4) is 0 Å². The second kappa shape index (κ2) is 5.54. The molecule has 0 aliphatic carbocycles. The van der Waals surface area contributed by atoms with Crippen LogP contribution >= 0.6 is 22.9 Å². The molecule has 0 saturated carbocycles. The van der Waals surface area contributed by atoms with Crippen molar-refractivity contribution in [3.05, 3.63) is 15.5 Å². The van der Waals surface area contributed by atoms with E-state index in [-0.39, 0.29) is 0 Å². The number of thiazole rings is 1. The third-order valence-corrected chi connectivity index (χ3v) is 2.81. The van der Waals surface area contributed by atoms with E-state index in [1.165, 1.54) is 16.2 Å². The molecule has 0 saturated heterocycles. The third kappa shape index (κ3) is 4.04. The highest BCUT2D eigenvalue weighted by Crippen LogP contribution is 2.18. The van der Waals surface area contributed by atoms with Gasteiger partial charge in [0.1, 0.15) is 0 Å². The first-order valence-corrected chi connectivity index (χ1v) is 5.45. The van der Waals surface area contributed by atoms with Crippen molar-refractivity contribution in [2.24, 2.45) is 5.73 Å². The maximum Gasteiger partial charge on any atom is 0.183 e. The highest BCUT2D eigenvalue weighted by Gasteiger charge is 2.05. The summed E-state index contributed by atoms with van der Waals surface area (Å²) < 4.78 is 0.612. The van der Waals surface area contributed by atoms with Crippen molar-refractivity contribution in [1.82, 2.24) is 10.3 Å². The van der Waals surface area contributed by atoms with Crippen LogP contribution in [-0.2, 0) is 6.42 Å². The molecule has 0 aliphatic heterocycles. The topological polar surface area (TPSA) is 50.9 Å². The summed E-state index contributed by atoms with van der Waals surface area (Å²) in [5.74, 6) is 0. The smallest absolute Gasteiger partial charge is 0.183 e. The van der Waals surface area contributed by atoms with E-state index in [1.807, 2.05) is 6.20 Å². The molecule has 0 aliphatic rings. The second-order valence-corrected chi connectivity index (χ2v) is 4.62. The third-order valence-electron chi connectivity index (χ3n) is 1.67. The average Bonchev–Trinajstić information content (AvgIpc) is 2.48. The molecule has 0 radical (unpaired) electrons. The molecule has 1 rings (SSSR count). The second-order valence-electron chi connectivity index (χ2n) is 2.93. The molecule has 1 aromatic heterocycles. The lowest BCUT2D eigenvalue weighted by atomic mass is 10.2. The molecule has 74 valence electrons. The molecule has 13 heavy (non-hydrogen) atoms. The molecule has 3 N–H and O–H groups in total. The number of nitrogens with zero attached hydrogens (tertiary/aromatic N) is 1. The summed E-state index contributed by atoms with van der Waals surface area (Å²) in [6.07, 6.45) is 2.79. The average molecular weight is 220 g/mol. The predicted octanol–water partition coefficient (Wildman–Crippen LogP) is 1.28. The van der Waals surface area contributed by atoms with Gasteiger partial charge in [0, 0.05) is 30.2 Å². The van der Waals surface area contributed by atoms with Crippen molar-refractivity contribution in [3.63, 3.8) is 0 Å². The van der Waals surface area contributed by atoms with Crippen molar-refractivity contribution >= 4 is 22.9 Å². The molecule has 0 bridgehead atoms. The summed E-state index contributed by atoms with van der Waals surface area (Å²) in [6, 6.07) is 0.431. The molecule has 0 spiro atoms. The number of nitrogens with two attached hydrogens (primary N) is 1.